The number of aromatic hydroxyl groups is 1. The van der Waals surface area contributed by atoms with Gasteiger partial charge in [-0.15, -0.1) is 0 Å². The first-order valence-corrected chi connectivity index (χ1v) is 8.40. The fourth-order valence-corrected chi connectivity index (χ4v) is 3.05. The van der Waals surface area contributed by atoms with Gasteiger partial charge in [-0.05, 0) is 69.9 Å². The van der Waals surface area contributed by atoms with Gasteiger partial charge < -0.3 is 20.4 Å². The summed E-state index contributed by atoms with van der Waals surface area (Å²) in [5.74, 6) is 0.791. The molecule has 1 aromatic carbocycles. The Morgan fingerprint density at radius 2 is 1.91 bits per heavy atom. The highest BCUT2D eigenvalue weighted by Gasteiger charge is 2.20. The van der Waals surface area contributed by atoms with Gasteiger partial charge in [-0.1, -0.05) is 12.1 Å². The smallest absolute Gasteiger partial charge is 0.220 e. The van der Waals surface area contributed by atoms with Crippen molar-refractivity contribution in [2.45, 2.75) is 44.8 Å². The third-order valence-corrected chi connectivity index (χ3v) is 4.71. The Morgan fingerprint density at radius 3 is 2.52 bits per heavy atom. The van der Waals surface area contributed by atoms with Crippen molar-refractivity contribution in [2.24, 2.45) is 5.92 Å². The SMILES string of the molecule is C[C@@H](NC(=O)CCC1CCN(C)CC1)[C@@H](O)c1ccc(O)cc1. The van der Waals surface area contributed by atoms with E-state index in [1.165, 1.54) is 12.1 Å². The Labute approximate surface area is 138 Å². The lowest BCUT2D eigenvalue weighted by Gasteiger charge is -2.29. The minimum Gasteiger partial charge on any atom is -0.508 e. The number of hydrogen-bond acceptors (Lipinski definition) is 4. The minimum atomic E-state index is -0.775. The van der Waals surface area contributed by atoms with Crippen molar-refractivity contribution < 1.29 is 15.0 Å². The number of nitrogens with one attached hydrogen (secondary N) is 1. The summed E-state index contributed by atoms with van der Waals surface area (Å²) in [7, 11) is 2.13. The summed E-state index contributed by atoms with van der Waals surface area (Å²) in [5.41, 5.74) is 0.686. The van der Waals surface area contributed by atoms with E-state index in [1.807, 2.05) is 0 Å². The maximum absolute atomic E-state index is 12.1. The molecule has 1 heterocycles. The predicted octanol–water partition coefficient (Wildman–Crippen LogP) is 2.05. The monoisotopic (exact) mass is 320 g/mol. The molecule has 23 heavy (non-hydrogen) atoms. The lowest BCUT2D eigenvalue weighted by molar-refractivity contribution is -0.122. The molecule has 1 amide bonds. The number of likely N-dealkylation sites (tertiary alicyclic amines) is 1. The zero-order valence-electron chi connectivity index (χ0n) is 14.0. The van der Waals surface area contributed by atoms with Crippen LogP contribution in [0.25, 0.3) is 0 Å². The summed E-state index contributed by atoms with van der Waals surface area (Å²) in [6, 6.07) is 6.05. The zero-order valence-corrected chi connectivity index (χ0v) is 14.0. The van der Waals surface area contributed by atoms with Crippen molar-refractivity contribution >= 4 is 5.91 Å². The van der Waals surface area contributed by atoms with Gasteiger partial charge in [0.15, 0.2) is 0 Å². The first kappa shape index (κ1) is 17.8. The molecule has 0 radical (unpaired) electrons. The van der Waals surface area contributed by atoms with E-state index in [1.54, 1.807) is 19.1 Å². The summed E-state index contributed by atoms with van der Waals surface area (Å²) in [4.78, 5) is 14.4. The first-order chi connectivity index (χ1) is 11.0. The molecule has 0 saturated carbocycles. The van der Waals surface area contributed by atoms with Crippen LogP contribution in [0.5, 0.6) is 5.75 Å². The number of piperidine rings is 1. The van der Waals surface area contributed by atoms with E-state index in [9.17, 15) is 15.0 Å². The normalized spacial score (nSPS) is 19.3. The number of hydrogen-bond donors (Lipinski definition) is 3. The molecule has 0 spiro atoms. The molecule has 5 nitrogen and oxygen atoms in total. The number of benzene rings is 1. The van der Waals surface area contributed by atoms with Gasteiger partial charge >= 0.3 is 0 Å². The van der Waals surface area contributed by atoms with Gasteiger partial charge in [0, 0.05) is 6.42 Å². The van der Waals surface area contributed by atoms with Gasteiger partial charge in [-0.2, -0.15) is 0 Å². The summed E-state index contributed by atoms with van der Waals surface area (Å²) in [6.07, 6.45) is 2.98. The van der Waals surface area contributed by atoms with Gasteiger partial charge in [0.2, 0.25) is 5.91 Å². The summed E-state index contributed by atoms with van der Waals surface area (Å²) in [5, 5.41) is 22.4. The number of aliphatic hydroxyl groups excluding tert-OH is 1. The van der Waals surface area contributed by atoms with Crippen molar-refractivity contribution in [1.29, 1.82) is 0 Å². The van der Waals surface area contributed by atoms with E-state index < -0.39 is 6.10 Å². The van der Waals surface area contributed by atoms with Crippen LogP contribution in [0, 0.1) is 5.92 Å². The average Bonchev–Trinajstić information content (AvgIpc) is 2.54. The second-order valence-electron chi connectivity index (χ2n) is 6.68. The van der Waals surface area contributed by atoms with Crippen LogP contribution in [0.4, 0.5) is 0 Å². The van der Waals surface area contributed by atoms with E-state index in [0.717, 1.165) is 32.4 Å². The molecular formula is C18H28N2O3. The van der Waals surface area contributed by atoms with Crippen LogP contribution in [0.15, 0.2) is 24.3 Å². The molecule has 5 heteroatoms. The third-order valence-electron chi connectivity index (χ3n) is 4.71. The third kappa shape index (κ3) is 5.52. The van der Waals surface area contributed by atoms with E-state index >= 15 is 0 Å². The van der Waals surface area contributed by atoms with Crippen LogP contribution in [0.1, 0.15) is 44.3 Å². The van der Waals surface area contributed by atoms with Crippen molar-refractivity contribution in [3.63, 3.8) is 0 Å². The van der Waals surface area contributed by atoms with Gasteiger partial charge in [0.25, 0.3) is 0 Å². The average molecular weight is 320 g/mol. The summed E-state index contributed by atoms with van der Waals surface area (Å²) < 4.78 is 0. The van der Waals surface area contributed by atoms with Crippen LogP contribution in [-0.2, 0) is 4.79 Å². The van der Waals surface area contributed by atoms with Gasteiger partial charge in [0.05, 0.1) is 12.1 Å². The molecular weight excluding hydrogens is 292 g/mol. The number of nitrogens with zero attached hydrogens (tertiary/aromatic N) is 1. The Balaban J connectivity index is 1.74. The van der Waals surface area contributed by atoms with Gasteiger partial charge in [-0.3, -0.25) is 4.79 Å². The number of rotatable bonds is 6. The van der Waals surface area contributed by atoms with E-state index in [-0.39, 0.29) is 17.7 Å². The second kappa shape index (κ2) is 8.31. The predicted molar refractivity (Wildman–Crippen MR) is 90.1 cm³/mol. The van der Waals surface area contributed by atoms with Crippen LogP contribution >= 0.6 is 0 Å². The van der Waals surface area contributed by atoms with Crippen molar-refractivity contribution in [3.8, 4) is 5.75 Å². The molecule has 1 aromatic rings. The molecule has 1 fully saturated rings. The fourth-order valence-electron chi connectivity index (χ4n) is 3.05. The molecule has 1 saturated heterocycles. The van der Waals surface area contributed by atoms with E-state index in [0.29, 0.717) is 17.9 Å². The maximum Gasteiger partial charge on any atom is 0.220 e. The first-order valence-electron chi connectivity index (χ1n) is 8.40. The number of phenolic OH excluding ortho intramolecular Hbond substituents is 1. The number of carbonyl (C=O) groups is 1. The quantitative estimate of drug-likeness (QED) is 0.750. The number of amides is 1. The second-order valence-corrected chi connectivity index (χ2v) is 6.68. The molecule has 3 N–H and O–H groups in total. The highest BCUT2D eigenvalue weighted by Crippen LogP contribution is 2.22. The zero-order chi connectivity index (χ0) is 16.8. The van der Waals surface area contributed by atoms with Crippen LogP contribution in [0.3, 0.4) is 0 Å². The molecule has 128 valence electrons. The Kier molecular flexibility index (Phi) is 6.42. The van der Waals surface area contributed by atoms with E-state index in [4.69, 9.17) is 0 Å². The van der Waals surface area contributed by atoms with Gasteiger partial charge in [0.1, 0.15) is 5.75 Å². The molecule has 0 aliphatic carbocycles. The molecule has 0 bridgehead atoms. The molecule has 2 atom stereocenters. The van der Waals surface area contributed by atoms with Crippen molar-refractivity contribution in [1.82, 2.24) is 10.2 Å². The van der Waals surface area contributed by atoms with Crippen LogP contribution in [-0.4, -0.2) is 47.2 Å². The minimum absolute atomic E-state index is 0.00532. The van der Waals surface area contributed by atoms with Crippen LogP contribution in [0.2, 0.25) is 0 Å². The number of aliphatic hydroxyl groups is 1. The molecule has 1 aliphatic rings. The topological polar surface area (TPSA) is 72.8 Å². The fraction of sp³-hybridized carbons (Fsp3) is 0.611. The summed E-state index contributed by atoms with van der Waals surface area (Å²) in [6.45, 7) is 4.02. The largest absolute Gasteiger partial charge is 0.508 e. The molecule has 0 aromatic heterocycles. The standard InChI is InChI=1S/C18H28N2O3/c1-13(18(23)15-4-6-16(21)7-5-15)19-17(22)8-3-14-9-11-20(2)12-10-14/h4-7,13-14,18,21,23H,3,8-12H2,1-2H3,(H,19,22)/t13-,18-/m1/s1. The number of phenols is 1. The Hall–Kier alpha value is -1.59. The maximum atomic E-state index is 12.1. The molecule has 1 aliphatic heterocycles. The van der Waals surface area contributed by atoms with Crippen molar-refractivity contribution in [2.75, 3.05) is 20.1 Å². The highest BCUT2D eigenvalue weighted by molar-refractivity contribution is 5.76. The molecule has 0 unspecified atom stereocenters. The summed E-state index contributed by atoms with van der Waals surface area (Å²) >= 11 is 0. The number of carbonyl (C=O) groups excluding carboxylic acids is 1. The van der Waals surface area contributed by atoms with Crippen LogP contribution < -0.4 is 5.32 Å². The Morgan fingerprint density at radius 1 is 1.30 bits per heavy atom. The lowest BCUT2D eigenvalue weighted by Crippen LogP contribution is -2.37. The highest BCUT2D eigenvalue weighted by atomic mass is 16.3. The van der Waals surface area contributed by atoms with E-state index in [2.05, 4.69) is 17.3 Å². The Bertz CT molecular complexity index is 495. The lowest BCUT2D eigenvalue weighted by atomic mass is 9.92. The molecule has 2 rings (SSSR count). The van der Waals surface area contributed by atoms with Crippen molar-refractivity contribution in [3.05, 3.63) is 29.8 Å². The van der Waals surface area contributed by atoms with Gasteiger partial charge in [-0.25, -0.2) is 0 Å².